The first-order valence-electron chi connectivity index (χ1n) is 8.27. The van der Waals surface area contributed by atoms with Crippen molar-refractivity contribution in [1.82, 2.24) is 5.32 Å². The first kappa shape index (κ1) is 15.4. The van der Waals surface area contributed by atoms with Crippen molar-refractivity contribution < 1.29 is 4.74 Å². The zero-order valence-electron chi connectivity index (χ0n) is 13.1. The van der Waals surface area contributed by atoms with Crippen molar-refractivity contribution in [1.29, 1.82) is 0 Å². The van der Waals surface area contributed by atoms with E-state index in [9.17, 15) is 0 Å². The Hall–Kier alpha value is -0.540. The Kier molecular flexibility index (Phi) is 4.90. The minimum absolute atomic E-state index is 0.591. The first-order valence-corrected chi connectivity index (χ1v) is 9.06. The molecule has 3 heteroatoms. The molecule has 0 radical (unpaired) electrons. The Balaban J connectivity index is 1.77. The van der Waals surface area contributed by atoms with Crippen LogP contribution in [0, 0.1) is 17.8 Å². The van der Waals surface area contributed by atoms with Crippen LogP contribution in [-0.2, 0) is 6.42 Å². The fourth-order valence-electron chi connectivity index (χ4n) is 4.57. The van der Waals surface area contributed by atoms with E-state index < -0.39 is 0 Å². The minimum Gasteiger partial charge on any atom is -0.496 e. The van der Waals surface area contributed by atoms with Crippen LogP contribution >= 0.6 is 15.9 Å². The van der Waals surface area contributed by atoms with Crippen LogP contribution in [0.5, 0.6) is 5.75 Å². The molecule has 2 nitrogen and oxygen atoms in total. The molecule has 2 aliphatic carbocycles. The van der Waals surface area contributed by atoms with Crippen molar-refractivity contribution in [2.24, 2.45) is 17.8 Å². The molecule has 116 valence electrons. The van der Waals surface area contributed by atoms with E-state index in [1.54, 1.807) is 7.11 Å². The number of hydrogen-bond donors (Lipinski definition) is 1. The highest BCUT2D eigenvalue weighted by atomic mass is 79.9. The van der Waals surface area contributed by atoms with Gasteiger partial charge in [-0.3, -0.25) is 0 Å². The quantitative estimate of drug-likeness (QED) is 0.819. The van der Waals surface area contributed by atoms with Crippen molar-refractivity contribution in [2.45, 2.75) is 45.1 Å². The molecule has 4 unspecified atom stereocenters. The molecule has 0 heterocycles. The van der Waals surface area contributed by atoms with E-state index in [2.05, 4.69) is 46.4 Å². The molecule has 0 aromatic heterocycles. The molecule has 0 amide bonds. The smallest absolute Gasteiger partial charge is 0.122 e. The molecule has 4 atom stereocenters. The summed E-state index contributed by atoms with van der Waals surface area (Å²) < 4.78 is 6.70. The van der Waals surface area contributed by atoms with E-state index in [4.69, 9.17) is 4.74 Å². The molecular weight excluding hydrogens is 326 g/mol. The van der Waals surface area contributed by atoms with Crippen molar-refractivity contribution in [3.8, 4) is 5.75 Å². The summed E-state index contributed by atoms with van der Waals surface area (Å²) in [4.78, 5) is 0. The Labute approximate surface area is 136 Å². The van der Waals surface area contributed by atoms with E-state index >= 15 is 0 Å². The van der Waals surface area contributed by atoms with Crippen molar-refractivity contribution in [3.63, 3.8) is 0 Å². The highest BCUT2D eigenvalue weighted by Crippen LogP contribution is 2.50. The number of ether oxygens (including phenoxy) is 1. The van der Waals surface area contributed by atoms with Gasteiger partial charge >= 0.3 is 0 Å². The summed E-state index contributed by atoms with van der Waals surface area (Å²) in [6, 6.07) is 6.94. The summed E-state index contributed by atoms with van der Waals surface area (Å²) >= 11 is 3.59. The lowest BCUT2D eigenvalue weighted by Gasteiger charge is -2.31. The molecular formula is C18H26BrNO. The van der Waals surface area contributed by atoms with Crippen LogP contribution in [-0.4, -0.2) is 19.7 Å². The van der Waals surface area contributed by atoms with E-state index in [0.717, 1.165) is 40.9 Å². The predicted molar refractivity (Wildman–Crippen MR) is 90.8 cm³/mol. The second kappa shape index (κ2) is 6.70. The fourth-order valence-corrected chi connectivity index (χ4v) is 4.98. The Bertz CT molecular complexity index is 490. The molecule has 2 aliphatic rings. The maximum absolute atomic E-state index is 5.56. The summed E-state index contributed by atoms with van der Waals surface area (Å²) in [5, 5.41) is 3.76. The molecule has 1 N–H and O–H groups in total. The molecule has 2 saturated carbocycles. The number of likely N-dealkylation sites (N-methyl/N-ethyl adjacent to an activating group) is 1. The van der Waals surface area contributed by atoms with Crippen LogP contribution in [0.3, 0.4) is 0 Å². The van der Waals surface area contributed by atoms with Crippen LogP contribution in [0.1, 0.15) is 38.2 Å². The second-order valence-corrected chi connectivity index (χ2v) is 7.58. The van der Waals surface area contributed by atoms with Crippen LogP contribution in [0.15, 0.2) is 22.7 Å². The summed E-state index contributed by atoms with van der Waals surface area (Å²) in [5.74, 6) is 3.83. The topological polar surface area (TPSA) is 21.3 Å². The lowest BCUT2D eigenvalue weighted by Crippen LogP contribution is -2.40. The average molecular weight is 352 g/mol. The number of fused-ring (bicyclic) bond motifs is 2. The highest BCUT2D eigenvalue weighted by molar-refractivity contribution is 9.10. The SMILES string of the molecule is CCNC(Cc1cc(Br)ccc1OC)C1CC2CCC1C2. The van der Waals surface area contributed by atoms with Gasteiger partial charge in [0.25, 0.3) is 0 Å². The largest absolute Gasteiger partial charge is 0.496 e. The van der Waals surface area contributed by atoms with Gasteiger partial charge in [0.05, 0.1) is 7.11 Å². The van der Waals surface area contributed by atoms with Gasteiger partial charge in [0, 0.05) is 10.5 Å². The van der Waals surface area contributed by atoms with E-state index in [-0.39, 0.29) is 0 Å². The monoisotopic (exact) mass is 351 g/mol. The second-order valence-electron chi connectivity index (χ2n) is 6.66. The van der Waals surface area contributed by atoms with Crippen molar-refractivity contribution in [3.05, 3.63) is 28.2 Å². The van der Waals surface area contributed by atoms with Gasteiger partial charge in [-0.2, -0.15) is 0 Å². The van der Waals surface area contributed by atoms with Crippen LogP contribution in [0.2, 0.25) is 0 Å². The standard InChI is InChI=1S/C18H26BrNO/c1-3-20-17(16-9-12-4-5-13(16)8-12)11-14-10-15(19)6-7-18(14)21-2/h6-7,10,12-13,16-17,20H,3-5,8-9,11H2,1-2H3. The molecule has 0 spiro atoms. The lowest BCUT2D eigenvalue weighted by molar-refractivity contribution is 0.247. The molecule has 0 aliphatic heterocycles. The van der Waals surface area contributed by atoms with Gasteiger partial charge < -0.3 is 10.1 Å². The van der Waals surface area contributed by atoms with Gasteiger partial charge in [-0.25, -0.2) is 0 Å². The van der Waals surface area contributed by atoms with Gasteiger partial charge in [0.1, 0.15) is 5.75 Å². The molecule has 2 fully saturated rings. The Morgan fingerprint density at radius 1 is 1.33 bits per heavy atom. The van der Waals surface area contributed by atoms with Gasteiger partial charge in [-0.15, -0.1) is 0 Å². The summed E-state index contributed by atoms with van der Waals surface area (Å²) in [7, 11) is 1.77. The third-order valence-electron chi connectivity index (χ3n) is 5.46. The predicted octanol–water partition coefficient (Wildman–Crippen LogP) is 4.41. The number of benzene rings is 1. The van der Waals surface area contributed by atoms with E-state index in [1.165, 1.54) is 31.2 Å². The minimum atomic E-state index is 0.591. The fraction of sp³-hybridized carbons (Fsp3) is 0.667. The zero-order valence-corrected chi connectivity index (χ0v) is 14.7. The number of rotatable bonds is 6. The molecule has 1 aromatic carbocycles. The highest BCUT2D eigenvalue weighted by Gasteiger charge is 2.42. The number of halogens is 1. The normalized spacial score (nSPS) is 28.8. The van der Waals surface area contributed by atoms with Gasteiger partial charge in [0.2, 0.25) is 0 Å². The summed E-state index contributed by atoms with van der Waals surface area (Å²) in [5.41, 5.74) is 1.32. The summed E-state index contributed by atoms with van der Waals surface area (Å²) in [6.45, 7) is 3.27. The molecule has 1 aromatic rings. The molecule has 2 bridgehead atoms. The van der Waals surface area contributed by atoms with Crippen LogP contribution in [0.25, 0.3) is 0 Å². The molecule has 3 rings (SSSR count). The lowest BCUT2D eigenvalue weighted by atomic mass is 9.81. The first-order chi connectivity index (χ1) is 10.2. The maximum atomic E-state index is 5.56. The maximum Gasteiger partial charge on any atom is 0.122 e. The number of nitrogens with one attached hydrogen (secondary N) is 1. The number of methoxy groups -OCH3 is 1. The number of hydrogen-bond acceptors (Lipinski definition) is 2. The molecule has 0 saturated heterocycles. The third kappa shape index (κ3) is 3.29. The van der Waals surface area contributed by atoms with Gasteiger partial charge in [-0.05, 0) is 73.7 Å². The van der Waals surface area contributed by atoms with Gasteiger partial charge in [0.15, 0.2) is 0 Å². The van der Waals surface area contributed by atoms with Crippen molar-refractivity contribution >= 4 is 15.9 Å². The Morgan fingerprint density at radius 2 is 2.19 bits per heavy atom. The van der Waals surface area contributed by atoms with Gasteiger partial charge in [-0.1, -0.05) is 29.3 Å². The van der Waals surface area contributed by atoms with Crippen molar-refractivity contribution in [2.75, 3.05) is 13.7 Å². The zero-order chi connectivity index (χ0) is 14.8. The summed E-state index contributed by atoms with van der Waals surface area (Å²) in [6.07, 6.45) is 6.90. The van der Waals surface area contributed by atoms with E-state index in [1.807, 2.05) is 0 Å². The molecule has 21 heavy (non-hydrogen) atoms. The van der Waals surface area contributed by atoms with E-state index in [0.29, 0.717) is 6.04 Å². The third-order valence-corrected chi connectivity index (χ3v) is 5.95. The van der Waals surface area contributed by atoms with Crippen LogP contribution < -0.4 is 10.1 Å². The Morgan fingerprint density at radius 3 is 2.81 bits per heavy atom. The van der Waals surface area contributed by atoms with Crippen LogP contribution in [0.4, 0.5) is 0 Å². The average Bonchev–Trinajstić information content (AvgIpc) is 3.10.